The molecule has 0 fully saturated rings. The fraction of sp³-hybridized carbons (Fsp3) is 1.00. The molecule has 0 bridgehead atoms. The molecule has 0 heterocycles. The van der Waals surface area contributed by atoms with Crippen LogP contribution in [0.1, 0.15) is 46.5 Å². The van der Waals surface area contributed by atoms with E-state index in [2.05, 4.69) is 32.5 Å². The first-order valence-corrected chi connectivity index (χ1v) is 5.47. The van der Waals surface area contributed by atoms with Gasteiger partial charge in [0, 0.05) is 5.25 Å². The van der Waals surface area contributed by atoms with E-state index in [4.69, 9.17) is 0 Å². The highest BCUT2D eigenvalue weighted by Gasteiger charge is 1.99. The summed E-state index contributed by atoms with van der Waals surface area (Å²) in [5.41, 5.74) is 0. The second-order valence-electron chi connectivity index (χ2n) is 2.82. The molecule has 1 atom stereocenters. The summed E-state index contributed by atoms with van der Waals surface area (Å²) in [7, 11) is 0. The summed E-state index contributed by atoms with van der Waals surface area (Å²) >= 11 is 2.12. The third kappa shape index (κ3) is 6.47. The second kappa shape index (κ2) is 7.46. The van der Waals surface area contributed by atoms with Crippen molar-refractivity contribution in [2.45, 2.75) is 51.7 Å². The predicted octanol–water partition coefficient (Wildman–Crippen LogP) is 3.71. The minimum absolute atomic E-state index is 0.889. The molecule has 1 unspecified atom stereocenters. The topological polar surface area (TPSA) is 0 Å². The minimum Gasteiger partial charge on any atom is -0.159 e. The van der Waals surface area contributed by atoms with Gasteiger partial charge >= 0.3 is 0 Å². The maximum atomic E-state index is 2.34. The summed E-state index contributed by atoms with van der Waals surface area (Å²) in [5, 5.41) is 0.889. The first kappa shape index (κ1) is 10.3. The van der Waals surface area contributed by atoms with Crippen LogP contribution in [0, 0.1) is 0 Å². The van der Waals surface area contributed by atoms with E-state index in [0.717, 1.165) is 5.25 Å². The van der Waals surface area contributed by atoms with E-state index in [1.165, 1.54) is 31.4 Å². The summed E-state index contributed by atoms with van der Waals surface area (Å²) in [4.78, 5) is 0. The van der Waals surface area contributed by atoms with Gasteiger partial charge in [0.15, 0.2) is 0 Å². The lowest BCUT2D eigenvalue weighted by atomic mass is 10.2. The quantitative estimate of drug-likeness (QED) is 0.571. The molecule has 0 aromatic heterocycles. The average molecular weight is 160 g/mol. The van der Waals surface area contributed by atoms with Crippen LogP contribution in [0.5, 0.6) is 0 Å². The van der Waals surface area contributed by atoms with Gasteiger partial charge in [-0.1, -0.05) is 33.6 Å². The number of hydrogen-bond acceptors (Lipinski definition) is 1. The van der Waals surface area contributed by atoms with Crippen LogP contribution in [0.15, 0.2) is 0 Å². The van der Waals surface area contributed by atoms with Crippen LogP contribution < -0.4 is 0 Å². The van der Waals surface area contributed by atoms with Gasteiger partial charge in [0.05, 0.1) is 0 Å². The second-order valence-corrected chi connectivity index (χ2v) is 4.37. The molecule has 0 radical (unpaired) electrons. The maximum Gasteiger partial charge on any atom is 0.00187 e. The molecule has 0 saturated heterocycles. The Morgan fingerprint density at radius 2 is 1.90 bits per heavy atom. The largest absolute Gasteiger partial charge is 0.159 e. The standard InChI is InChI=1S/C9H20S/c1-4-6-7-9(3)10-8-5-2/h9H,4-8H2,1-3H3. The van der Waals surface area contributed by atoms with Crippen molar-refractivity contribution in [3.8, 4) is 0 Å². The van der Waals surface area contributed by atoms with Crippen molar-refractivity contribution in [3.05, 3.63) is 0 Å². The summed E-state index contributed by atoms with van der Waals surface area (Å²) < 4.78 is 0. The molecule has 0 aliphatic heterocycles. The highest BCUT2D eigenvalue weighted by atomic mass is 32.2. The van der Waals surface area contributed by atoms with Crippen molar-refractivity contribution in [2.24, 2.45) is 0 Å². The van der Waals surface area contributed by atoms with Crippen LogP contribution in [0.2, 0.25) is 0 Å². The van der Waals surface area contributed by atoms with Crippen molar-refractivity contribution in [2.75, 3.05) is 5.75 Å². The molecule has 0 spiro atoms. The molecule has 62 valence electrons. The van der Waals surface area contributed by atoms with E-state index in [0.29, 0.717) is 0 Å². The number of rotatable bonds is 6. The van der Waals surface area contributed by atoms with Crippen molar-refractivity contribution in [1.29, 1.82) is 0 Å². The molecular formula is C9H20S. The Morgan fingerprint density at radius 1 is 1.20 bits per heavy atom. The Morgan fingerprint density at radius 3 is 2.40 bits per heavy atom. The summed E-state index contributed by atoms with van der Waals surface area (Å²) in [6, 6.07) is 0. The lowest BCUT2D eigenvalue weighted by Crippen LogP contribution is -1.96. The fourth-order valence-electron chi connectivity index (χ4n) is 0.894. The molecule has 0 rings (SSSR count). The van der Waals surface area contributed by atoms with Gasteiger partial charge in [0.1, 0.15) is 0 Å². The molecule has 0 nitrogen and oxygen atoms in total. The van der Waals surface area contributed by atoms with Crippen LogP contribution in [-0.2, 0) is 0 Å². The molecule has 1 heteroatoms. The van der Waals surface area contributed by atoms with Gasteiger partial charge in [-0.2, -0.15) is 11.8 Å². The van der Waals surface area contributed by atoms with E-state index in [1.54, 1.807) is 0 Å². The lowest BCUT2D eigenvalue weighted by Gasteiger charge is -2.08. The summed E-state index contributed by atoms with van der Waals surface area (Å²) in [6.07, 6.45) is 5.47. The molecule has 0 saturated carbocycles. The SMILES string of the molecule is CCCCC(C)SCCC. The third-order valence-corrected chi connectivity index (χ3v) is 3.02. The highest BCUT2D eigenvalue weighted by molar-refractivity contribution is 7.99. The van der Waals surface area contributed by atoms with Gasteiger partial charge < -0.3 is 0 Å². The summed E-state index contributed by atoms with van der Waals surface area (Å²) in [5.74, 6) is 1.34. The Labute approximate surface area is 69.8 Å². The van der Waals surface area contributed by atoms with Crippen LogP contribution in [0.3, 0.4) is 0 Å². The molecular weight excluding hydrogens is 140 g/mol. The van der Waals surface area contributed by atoms with E-state index in [-0.39, 0.29) is 0 Å². The monoisotopic (exact) mass is 160 g/mol. The first-order valence-electron chi connectivity index (χ1n) is 4.42. The average Bonchev–Trinajstić information content (AvgIpc) is 1.97. The zero-order valence-electron chi connectivity index (χ0n) is 7.52. The molecule has 0 amide bonds. The van der Waals surface area contributed by atoms with Gasteiger partial charge in [0.25, 0.3) is 0 Å². The minimum atomic E-state index is 0.889. The van der Waals surface area contributed by atoms with Crippen molar-refractivity contribution < 1.29 is 0 Å². The van der Waals surface area contributed by atoms with E-state index < -0.39 is 0 Å². The summed E-state index contributed by atoms with van der Waals surface area (Å²) in [6.45, 7) is 6.85. The Balaban J connectivity index is 3.00. The number of unbranched alkanes of at least 4 members (excludes halogenated alkanes) is 1. The van der Waals surface area contributed by atoms with Crippen molar-refractivity contribution >= 4 is 11.8 Å². The van der Waals surface area contributed by atoms with Gasteiger partial charge in [-0.3, -0.25) is 0 Å². The number of hydrogen-bond donors (Lipinski definition) is 0. The maximum absolute atomic E-state index is 2.34. The van der Waals surface area contributed by atoms with Crippen LogP contribution >= 0.6 is 11.8 Å². The van der Waals surface area contributed by atoms with Crippen LogP contribution in [0.4, 0.5) is 0 Å². The number of thioether (sulfide) groups is 1. The van der Waals surface area contributed by atoms with Gasteiger partial charge in [-0.25, -0.2) is 0 Å². The third-order valence-electron chi connectivity index (χ3n) is 1.57. The van der Waals surface area contributed by atoms with Gasteiger partial charge in [-0.05, 0) is 18.6 Å². The van der Waals surface area contributed by atoms with Crippen LogP contribution in [-0.4, -0.2) is 11.0 Å². The molecule has 0 aromatic rings. The molecule has 0 aliphatic carbocycles. The van der Waals surface area contributed by atoms with Crippen LogP contribution in [0.25, 0.3) is 0 Å². The zero-order valence-corrected chi connectivity index (χ0v) is 8.34. The van der Waals surface area contributed by atoms with Crippen molar-refractivity contribution in [1.82, 2.24) is 0 Å². The molecule has 10 heavy (non-hydrogen) atoms. The fourth-order valence-corrected chi connectivity index (χ4v) is 1.87. The van der Waals surface area contributed by atoms with Crippen molar-refractivity contribution in [3.63, 3.8) is 0 Å². The Kier molecular flexibility index (Phi) is 7.72. The molecule has 0 aliphatic rings. The van der Waals surface area contributed by atoms with Gasteiger partial charge in [0.2, 0.25) is 0 Å². The normalized spacial score (nSPS) is 13.5. The van der Waals surface area contributed by atoms with E-state index in [9.17, 15) is 0 Å². The predicted molar refractivity (Wildman–Crippen MR) is 51.7 cm³/mol. The smallest absolute Gasteiger partial charge is 0.00187 e. The molecule has 0 N–H and O–H groups in total. The Hall–Kier alpha value is 0.350. The lowest BCUT2D eigenvalue weighted by molar-refractivity contribution is 0.712. The first-order chi connectivity index (χ1) is 4.81. The molecule has 0 aromatic carbocycles. The Bertz CT molecular complexity index is 53.7. The van der Waals surface area contributed by atoms with E-state index >= 15 is 0 Å². The zero-order chi connectivity index (χ0) is 7.82. The highest BCUT2D eigenvalue weighted by Crippen LogP contribution is 2.16. The van der Waals surface area contributed by atoms with E-state index in [1.807, 2.05) is 0 Å². The van der Waals surface area contributed by atoms with Gasteiger partial charge in [-0.15, -0.1) is 0 Å².